The monoisotopic (exact) mass is 854 g/mol. The fraction of sp³-hybridized carbons (Fsp3) is 0.837. The van der Waals surface area contributed by atoms with E-state index in [1.165, 1.54) is 122 Å². The van der Waals surface area contributed by atoms with Gasteiger partial charge in [0.25, 0.3) is 7.82 Å². The normalized spacial score (nSPS) is 13.8. The minimum absolute atomic E-state index is 0.0346. The van der Waals surface area contributed by atoms with Gasteiger partial charge in [-0.25, -0.2) is 0 Å². The van der Waals surface area contributed by atoms with Gasteiger partial charge in [0.1, 0.15) is 19.8 Å². The Morgan fingerprint density at radius 2 is 0.915 bits per heavy atom. The lowest BCUT2D eigenvalue weighted by molar-refractivity contribution is -0.870. The average Bonchev–Trinajstić information content (AvgIpc) is 3.19. The number of ether oxygens (including phenoxy) is 2. The molecule has 0 aromatic carbocycles. The lowest BCUT2D eigenvalue weighted by atomic mass is 10.0. The van der Waals surface area contributed by atoms with Gasteiger partial charge in [-0.2, -0.15) is 0 Å². The van der Waals surface area contributed by atoms with E-state index in [0.717, 1.165) is 57.8 Å². The Labute approximate surface area is 363 Å². The lowest BCUT2D eigenvalue weighted by Gasteiger charge is -2.28. The molecule has 0 aliphatic heterocycles. The van der Waals surface area contributed by atoms with E-state index in [9.17, 15) is 19.0 Å². The van der Waals surface area contributed by atoms with Crippen molar-refractivity contribution in [3.63, 3.8) is 0 Å². The Kier molecular flexibility index (Phi) is 40.3. The first-order chi connectivity index (χ1) is 28.5. The number of allylic oxidation sites excluding steroid dienone is 6. The van der Waals surface area contributed by atoms with Crippen LogP contribution in [0.3, 0.4) is 0 Å². The third kappa shape index (κ3) is 45.6. The molecule has 0 fully saturated rings. The molecule has 0 aliphatic carbocycles. The molecule has 0 rings (SSSR count). The molecular weight excluding hydrogens is 762 g/mol. The van der Waals surface area contributed by atoms with Gasteiger partial charge in [-0.15, -0.1) is 0 Å². The summed E-state index contributed by atoms with van der Waals surface area (Å²) in [5.41, 5.74) is 0. The molecule has 0 saturated carbocycles. The predicted octanol–water partition coefficient (Wildman–Crippen LogP) is 13.5. The smallest absolute Gasteiger partial charge is 0.306 e. The zero-order valence-corrected chi connectivity index (χ0v) is 39.8. The molecule has 0 aromatic rings. The molecule has 0 aliphatic rings. The first kappa shape index (κ1) is 57.2. The van der Waals surface area contributed by atoms with Gasteiger partial charge in [0.05, 0.1) is 27.7 Å². The highest BCUT2D eigenvalue weighted by molar-refractivity contribution is 7.45. The zero-order chi connectivity index (χ0) is 43.6. The Morgan fingerprint density at radius 3 is 1.39 bits per heavy atom. The van der Waals surface area contributed by atoms with Crippen molar-refractivity contribution in [3.05, 3.63) is 36.5 Å². The van der Waals surface area contributed by atoms with Crippen molar-refractivity contribution in [3.8, 4) is 0 Å². The lowest BCUT2D eigenvalue weighted by Crippen LogP contribution is -2.37. The molecule has 1 unspecified atom stereocenters. The highest BCUT2D eigenvalue weighted by Gasteiger charge is 2.21. The van der Waals surface area contributed by atoms with Crippen molar-refractivity contribution >= 4 is 19.8 Å². The maximum atomic E-state index is 12.7. The van der Waals surface area contributed by atoms with Gasteiger partial charge in [0.2, 0.25) is 0 Å². The summed E-state index contributed by atoms with van der Waals surface area (Å²) in [4.78, 5) is 37.6. The fourth-order valence-corrected chi connectivity index (χ4v) is 7.33. The second kappa shape index (κ2) is 41.6. The van der Waals surface area contributed by atoms with Crippen LogP contribution in [0.5, 0.6) is 0 Å². The van der Waals surface area contributed by atoms with Crippen LogP contribution in [0.2, 0.25) is 0 Å². The summed E-state index contributed by atoms with van der Waals surface area (Å²) < 4.78 is 34.0. The quantitative estimate of drug-likeness (QED) is 0.0196. The molecule has 0 N–H and O–H groups in total. The SMILES string of the molecule is CCCCC/C=C/C/C=C/C/C=C/CCCCCCC(=O)O[C@H](COC(=O)CCCCCCCCCCCCCCCCCCCC)COP(=O)([O-])OCC[N+](C)(C)C. The van der Waals surface area contributed by atoms with Gasteiger partial charge in [-0.05, 0) is 51.4 Å². The summed E-state index contributed by atoms with van der Waals surface area (Å²) in [5.74, 6) is -0.852. The first-order valence-electron chi connectivity index (χ1n) is 24.2. The van der Waals surface area contributed by atoms with Crippen LogP contribution in [0.4, 0.5) is 0 Å². The highest BCUT2D eigenvalue weighted by atomic mass is 31.2. The fourth-order valence-electron chi connectivity index (χ4n) is 6.60. The summed E-state index contributed by atoms with van der Waals surface area (Å²) in [6.45, 7) is 4.20. The molecule has 0 amide bonds. The van der Waals surface area contributed by atoms with Crippen molar-refractivity contribution in [2.45, 2.75) is 219 Å². The maximum absolute atomic E-state index is 12.7. The minimum Gasteiger partial charge on any atom is -0.756 e. The number of unbranched alkanes of at least 4 members (excludes halogenated alkanes) is 24. The van der Waals surface area contributed by atoms with Crippen LogP contribution in [0.1, 0.15) is 213 Å². The van der Waals surface area contributed by atoms with Gasteiger partial charge in [0.15, 0.2) is 6.10 Å². The Balaban J connectivity index is 4.32. The van der Waals surface area contributed by atoms with E-state index in [2.05, 4.69) is 50.3 Å². The number of esters is 2. The molecule has 0 heterocycles. The zero-order valence-electron chi connectivity index (χ0n) is 39.0. The number of rotatable bonds is 44. The molecular formula is C49H92NO8P. The van der Waals surface area contributed by atoms with Gasteiger partial charge in [-0.3, -0.25) is 14.2 Å². The van der Waals surface area contributed by atoms with Gasteiger partial charge >= 0.3 is 11.9 Å². The van der Waals surface area contributed by atoms with Crippen molar-refractivity contribution in [1.29, 1.82) is 0 Å². The number of phosphoric acid groups is 1. The highest BCUT2D eigenvalue weighted by Crippen LogP contribution is 2.38. The van der Waals surface area contributed by atoms with Crippen LogP contribution >= 0.6 is 7.82 Å². The standard InChI is InChI=1S/C49H92NO8P/c1-6-8-10-12-14-16-18-20-22-24-26-27-29-31-33-35-37-39-41-48(51)55-45-47(46-57-59(53,54)56-44-43-50(3,4)5)58-49(52)42-40-38-36-34-32-30-28-25-23-21-19-17-15-13-11-9-7-2/h15,17,21,23,28,30,47H,6-14,16,18-20,22,24-27,29,31-46H2,1-5H3/b17-15+,23-21+,30-28+/t47-/m1/s1. The van der Waals surface area contributed by atoms with Crippen molar-refractivity contribution < 1.29 is 42.1 Å². The van der Waals surface area contributed by atoms with Crippen molar-refractivity contribution in [2.75, 3.05) is 47.5 Å². The third-order valence-corrected chi connectivity index (χ3v) is 11.4. The van der Waals surface area contributed by atoms with Crippen molar-refractivity contribution in [2.24, 2.45) is 0 Å². The van der Waals surface area contributed by atoms with Gasteiger partial charge in [0, 0.05) is 12.8 Å². The molecule has 10 heteroatoms. The number of nitrogens with zero attached hydrogens (tertiary/aromatic N) is 1. The summed E-state index contributed by atoms with van der Waals surface area (Å²) in [5, 5.41) is 0. The molecule has 2 atom stereocenters. The summed E-state index contributed by atoms with van der Waals surface area (Å²) in [6, 6.07) is 0. The number of hydrogen-bond donors (Lipinski definition) is 0. The van der Waals surface area contributed by atoms with Crippen LogP contribution in [-0.4, -0.2) is 70.0 Å². The summed E-state index contributed by atoms with van der Waals surface area (Å²) in [7, 11) is 1.15. The number of likely N-dealkylation sites (N-methyl/N-ethyl adjacent to an activating group) is 1. The number of carbonyl (C=O) groups is 2. The van der Waals surface area contributed by atoms with Crippen LogP contribution < -0.4 is 4.89 Å². The number of hydrogen-bond acceptors (Lipinski definition) is 8. The molecule has 9 nitrogen and oxygen atoms in total. The largest absolute Gasteiger partial charge is 0.756 e. The van der Waals surface area contributed by atoms with Crippen LogP contribution in [0.15, 0.2) is 36.5 Å². The van der Waals surface area contributed by atoms with Crippen molar-refractivity contribution in [1.82, 2.24) is 0 Å². The average molecular weight is 854 g/mol. The van der Waals surface area contributed by atoms with E-state index in [-0.39, 0.29) is 32.0 Å². The second-order valence-electron chi connectivity index (χ2n) is 17.5. The Bertz CT molecular complexity index is 1100. The minimum atomic E-state index is -4.63. The second-order valence-corrected chi connectivity index (χ2v) is 18.9. The van der Waals surface area contributed by atoms with E-state index in [4.69, 9.17) is 18.5 Å². The summed E-state index contributed by atoms with van der Waals surface area (Å²) >= 11 is 0. The van der Waals surface area contributed by atoms with E-state index in [1.807, 2.05) is 21.1 Å². The van der Waals surface area contributed by atoms with E-state index < -0.39 is 26.5 Å². The topological polar surface area (TPSA) is 111 Å². The molecule has 0 spiro atoms. The molecule has 0 radical (unpaired) electrons. The van der Waals surface area contributed by atoms with Crippen LogP contribution in [-0.2, 0) is 32.7 Å². The summed E-state index contributed by atoms with van der Waals surface area (Å²) in [6.07, 6.45) is 47.4. The third-order valence-electron chi connectivity index (χ3n) is 10.4. The van der Waals surface area contributed by atoms with Crippen LogP contribution in [0, 0.1) is 0 Å². The molecule has 0 aromatic heterocycles. The maximum Gasteiger partial charge on any atom is 0.306 e. The molecule has 59 heavy (non-hydrogen) atoms. The Hall–Kier alpha value is -1.77. The molecule has 346 valence electrons. The van der Waals surface area contributed by atoms with E-state index in [0.29, 0.717) is 17.4 Å². The predicted molar refractivity (Wildman–Crippen MR) is 245 cm³/mol. The first-order valence-corrected chi connectivity index (χ1v) is 25.7. The van der Waals surface area contributed by atoms with Crippen LogP contribution in [0.25, 0.3) is 0 Å². The number of quaternary nitrogens is 1. The van der Waals surface area contributed by atoms with E-state index >= 15 is 0 Å². The number of carbonyl (C=O) groups excluding carboxylic acids is 2. The Morgan fingerprint density at radius 1 is 0.525 bits per heavy atom. The van der Waals surface area contributed by atoms with E-state index in [1.54, 1.807) is 0 Å². The van der Waals surface area contributed by atoms with Gasteiger partial charge in [-0.1, -0.05) is 185 Å². The number of phosphoric ester groups is 1. The molecule has 0 saturated heterocycles. The molecule has 0 bridgehead atoms. The van der Waals surface area contributed by atoms with Gasteiger partial charge < -0.3 is 27.9 Å².